The van der Waals surface area contributed by atoms with Crippen LogP contribution in [-0.2, 0) is 0 Å². The number of carbonyl (C=O) groups is 1. The standard InChI is InChI=1S/C16H17ClN4O/c1-4-7-18-16(22)14-9-15(20-11(3)19-14)21-13-8-12(17)6-5-10(13)2/h4-6,8-9H,1,7H2,2-3H3,(H,18,22)(H,19,20,21). The highest BCUT2D eigenvalue weighted by Gasteiger charge is 2.10. The van der Waals surface area contributed by atoms with Crippen LogP contribution in [0.2, 0.25) is 5.02 Å². The van der Waals surface area contributed by atoms with E-state index in [2.05, 4.69) is 27.2 Å². The Hall–Kier alpha value is -2.40. The molecule has 0 saturated carbocycles. The monoisotopic (exact) mass is 316 g/mol. The first-order chi connectivity index (χ1) is 10.5. The molecule has 1 aromatic carbocycles. The molecule has 22 heavy (non-hydrogen) atoms. The number of hydrogen-bond acceptors (Lipinski definition) is 4. The zero-order valence-corrected chi connectivity index (χ0v) is 13.2. The molecule has 0 unspecified atom stereocenters. The number of anilines is 2. The van der Waals surface area contributed by atoms with E-state index < -0.39 is 0 Å². The van der Waals surface area contributed by atoms with Crippen molar-refractivity contribution in [2.75, 3.05) is 11.9 Å². The van der Waals surface area contributed by atoms with Gasteiger partial charge < -0.3 is 10.6 Å². The third kappa shape index (κ3) is 4.05. The lowest BCUT2D eigenvalue weighted by Gasteiger charge is -2.11. The first-order valence-corrected chi connectivity index (χ1v) is 7.15. The van der Waals surface area contributed by atoms with Gasteiger partial charge in [-0.05, 0) is 31.5 Å². The summed E-state index contributed by atoms with van der Waals surface area (Å²) >= 11 is 6.01. The Balaban J connectivity index is 2.28. The molecule has 5 nitrogen and oxygen atoms in total. The fraction of sp³-hybridized carbons (Fsp3) is 0.188. The van der Waals surface area contributed by atoms with Crippen LogP contribution in [0.4, 0.5) is 11.5 Å². The lowest BCUT2D eigenvalue weighted by atomic mass is 10.2. The molecule has 0 atom stereocenters. The topological polar surface area (TPSA) is 66.9 Å². The fourth-order valence-electron chi connectivity index (χ4n) is 1.87. The molecule has 0 radical (unpaired) electrons. The van der Waals surface area contributed by atoms with Gasteiger partial charge in [0, 0.05) is 23.3 Å². The zero-order chi connectivity index (χ0) is 16.1. The second kappa shape index (κ2) is 7.04. The van der Waals surface area contributed by atoms with Gasteiger partial charge in [-0.3, -0.25) is 4.79 Å². The normalized spacial score (nSPS) is 10.1. The maximum atomic E-state index is 12.0. The average molecular weight is 317 g/mol. The van der Waals surface area contributed by atoms with Crippen molar-refractivity contribution >= 4 is 29.0 Å². The van der Waals surface area contributed by atoms with Gasteiger partial charge in [0.25, 0.3) is 5.91 Å². The summed E-state index contributed by atoms with van der Waals surface area (Å²) in [4.78, 5) is 20.4. The molecule has 0 saturated heterocycles. The van der Waals surface area contributed by atoms with Crippen LogP contribution in [0.3, 0.4) is 0 Å². The van der Waals surface area contributed by atoms with Crippen molar-refractivity contribution in [3.05, 3.63) is 59.0 Å². The van der Waals surface area contributed by atoms with Gasteiger partial charge in [0.15, 0.2) is 0 Å². The average Bonchev–Trinajstić information content (AvgIpc) is 2.48. The van der Waals surface area contributed by atoms with Crippen LogP contribution >= 0.6 is 11.6 Å². The molecule has 2 aromatic rings. The first-order valence-electron chi connectivity index (χ1n) is 6.77. The van der Waals surface area contributed by atoms with Gasteiger partial charge in [0.2, 0.25) is 0 Å². The smallest absolute Gasteiger partial charge is 0.270 e. The first kappa shape index (κ1) is 16.0. The number of nitrogens with zero attached hydrogens (tertiary/aromatic N) is 2. The lowest BCUT2D eigenvalue weighted by molar-refractivity contribution is 0.0952. The minimum Gasteiger partial charge on any atom is -0.347 e. The van der Waals surface area contributed by atoms with Gasteiger partial charge in [-0.2, -0.15) is 0 Å². The summed E-state index contributed by atoms with van der Waals surface area (Å²) in [5.74, 6) is 0.784. The predicted octanol–water partition coefficient (Wildman–Crippen LogP) is 3.41. The largest absolute Gasteiger partial charge is 0.347 e. The Labute approximate surface area is 134 Å². The van der Waals surface area contributed by atoms with E-state index in [4.69, 9.17) is 11.6 Å². The van der Waals surface area contributed by atoms with Crippen molar-refractivity contribution < 1.29 is 4.79 Å². The minimum absolute atomic E-state index is 0.267. The SMILES string of the molecule is C=CCNC(=O)c1cc(Nc2cc(Cl)ccc2C)nc(C)n1. The van der Waals surface area contributed by atoms with Crippen molar-refractivity contribution in [1.82, 2.24) is 15.3 Å². The van der Waals surface area contributed by atoms with E-state index in [0.29, 0.717) is 28.9 Å². The van der Waals surface area contributed by atoms with Gasteiger partial charge in [-0.1, -0.05) is 23.7 Å². The summed E-state index contributed by atoms with van der Waals surface area (Å²) < 4.78 is 0. The van der Waals surface area contributed by atoms with Crippen LogP contribution in [0.1, 0.15) is 21.9 Å². The van der Waals surface area contributed by atoms with Gasteiger partial charge in [-0.15, -0.1) is 6.58 Å². The molecule has 1 heterocycles. The Bertz CT molecular complexity index is 715. The van der Waals surface area contributed by atoms with Crippen LogP contribution in [-0.4, -0.2) is 22.4 Å². The maximum absolute atomic E-state index is 12.0. The molecule has 2 rings (SSSR count). The van der Waals surface area contributed by atoms with E-state index in [-0.39, 0.29) is 5.91 Å². The minimum atomic E-state index is -0.267. The van der Waals surface area contributed by atoms with Gasteiger partial charge >= 0.3 is 0 Å². The predicted molar refractivity (Wildman–Crippen MR) is 88.8 cm³/mol. The van der Waals surface area contributed by atoms with Gasteiger partial charge in [-0.25, -0.2) is 9.97 Å². The number of hydrogen-bond donors (Lipinski definition) is 2. The molecule has 0 aliphatic rings. The summed E-state index contributed by atoms with van der Waals surface area (Å²) in [6.45, 7) is 7.65. The number of halogens is 1. The number of aryl methyl sites for hydroxylation is 2. The summed E-state index contributed by atoms with van der Waals surface area (Å²) in [6, 6.07) is 7.15. The molecule has 0 bridgehead atoms. The Kier molecular flexibility index (Phi) is 5.12. The van der Waals surface area contributed by atoms with E-state index >= 15 is 0 Å². The molecule has 1 amide bonds. The quantitative estimate of drug-likeness (QED) is 0.830. The van der Waals surface area contributed by atoms with E-state index in [0.717, 1.165) is 11.3 Å². The van der Waals surface area contributed by atoms with Crippen LogP contribution in [0, 0.1) is 13.8 Å². The summed E-state index contributed by atoms with van der Waals surface area (Å²) in [5, 5.41) is 6.49. The van der Waals surface area contributed by atoms with Crippen molar-refractivity contribution in [2.24, 2.45) is 0 Å². The number of amides is 1. The second-order valence-corrected chi connectivity index (χ2v) is 5.21. The summed E-state index contributed by atoms with van der Waals surface area (Å²) in [5.41, 5.74) is 2.16. The number of carbonyl (C=O) groups excluding carboxylic acids is 1. The van der Waals surface area contributed by atoms with E-state index in [1.165, 1.54) is 0 Å². The third-order valence-electron chi connectivity index (χ3n) is 2.94. The molecular weight excluding hydrogens is 300 g/mol. The highest BCUT2D eigenvalue weighted by atomic mass is 35.5. The zero-order valence-electron chi connectivity index (χ0n) is 12.5. The molecule has 0 spiro atoms. The highest BCUT2D eigenvalue weighted by molar-refractivity contribution is 6.30. The van der Waals surface area contributed by atoms with Crippen LogP contribution in [0.5, 0.6) is 0 Å². The fourth-order valence-corrected chi connectivity index (χ4v) is 2.04. The van der Waals surface area contributed by atoms with Crippen LogP contribution in [0.25, 0.3) is 0 Å². The molecule has 0 fully saturated rings. The van der Waals surface area contributed by atoms with Crippen LogP contribution < -0.4 is 10.6 Å². The Morgan fingerprint density at radius 2 is 2.09 bits per heavy atom. The Morgan fingerprint density at radius 1 is 1.32 bits per heavy atom. The number of benzene rings is 1. The van der Waals surface area contributed by atoms with E-state index in [1.54, 1.807) is 19.1 Å². The lowest BCUT2D eigenvalue weighted by Crippen LogP contribution is -2.24. The maximum Gasteiger partial charge on any atom is 0.270 e. The summed E-state index contributed by atoms with van der Waals surface area (Å²) in [7, 11) is 0. The van der Waals surface area contributed by atoms with Gasteiger partial charge in [0.05, 0.1) is 0 Å². The Morgan fingerprint density at radius 3 is 2.82 bits per heavy atom. The molecule has 1 aromatic heterocycles. The number of aromatic nitrogens is 2. The molecular formula is C16H17ClN4O. The van der Waals surface area contributed by atoms with Crippen molar-refractivity contribution in [2.45, 2.75) is 13.8 Å². The number of nitrogens with one attached hydrogen (secondary N) is 2. The molecule has 0 aliphatic heterocycles. The highest BCUT2D eigenvalue weighted by Crippen LogP contribution is 2.23. The second-order valence-electron chi connectivity index (χ2n) is 4.77. The molecule has 0 aliphatic carbocycles. The van der Waals surface area contributed by atoms with Crippen molar-refractivity contribution in [1.29, 1.82) is 0 Å². The molecule has 114 valence electrons. The van der Waals surface area contributed by atoms with Crippen LogP contribution in [0.15, 0.2) is 36.9 Å². The summed E-state index contributed by atoms with van der Waals surface area (Å²) in [6.07, 6.45) is 1.61. The number of rotatable bonds is 5. The van der Waals surface area contributed by atoms with E-state index in [9.17, 15) is 4.79 Å². The van der Waals surface area contributed by atoms with Crippen molar-refractivity contribution in [3.63, 3.8) is 0 Å². The van der Waals surface area contributed by atoms with Gasteiger partial charge in [0.1, 0.15) is 17.3 Å². The third-order valence-corrected chi connectivity index (χ3v) is 3.17. The van der Waals surface area contributed by atoms with Crippen molar-refractivity contribution in [3.8, 4) is 0 Å². The molecule has 2 N–H and O–H groups in total. The van der Waals surface area contributed by atoms with E-state index in [1.807, 2.05) is 25.1 Å². The molecule has 6 heteroatoms.